The van der Waals surface area contributed by atoms with Gasteiger partial charge in [0.15, 0.2) is 0 Å². The van der Waals surface area contributed by atoms with Crippen LogP contribution in [-0.2, 0) is 11.2 Å². The number of hydrogen-bond acceptors (Lipinski definition) is 3. The second kappa shape index (κ2) is 5.47. The van der Waals surface area contributed by atoms with Crippen LogP contribution in [0.15, 0.2) is 18.2 Å². The van der Waals surface area contributed by atoms with Crippen molar-refractivity contribution >= 4 is 5.69 Å². The molecule has 94 valence electrons. The van der Waals surface area contributed by atoms with Crippen LogP contribution >= 0.6 is 0 Å². The summed E-state index contributed by atoms with van der Waals surface area (Å²) in [6.07, 6.45) is 0.709. The molecule has 0 radical (unpaired) electrons. The summed E-state index contributed by atoms with van der Waals surface area (Å²) in [6.45, 7) is 4.77. The second-order valence-electron chi connectivity index (χ2n) is 4.57. The Balaban J connectivity index is 2.13. The lowest BCUT2D eigenvalue weighted by Gasteiger charge is -2.29. The molecule has 1 saturated heterocycles. The Kier molecular flexibility index (Phi) is 3.97. The normalized spacial score (nSPS) is 18.2. The average Bonchev–Trinajstić information content (AvgIpc) is 2.29. The van der Waals surface area contributed by atoms with Gasteiger partial charge in [0, 0.05) is 19.1 Å². The van der Waals surface area contributed by atoms with Crippen molar-refractivity contribution in [1.82, 2.24) is 0 Å². The predicted molar refractivity (Wildman–Crippen MR) is 66.8 cm³/mol. The maximum Gasteiger partial charge on any atom is 0.146 e. The molecule has 0 aromatic heterocycles. The number of benzene rings is 1. The van der Waals surface area contributed by atoms with Crippen molar-refractivity contribution < 1.29 is 9.13 Å². The molecule has 0 aliphatic carbocycles. The third-order valence-corrected chi connectivity index (χ3v) is 2.92. The van der Waals surface area contributed by atoms with Crippen LogP contribution in [0.5, 0.6) is 0 Å². The summed E-state index contributed by atoms with van der Waals surface area (Å²) in [6, 6.07) is 5.45. The molecule has 1 aliphatic rings. The quantitative estimate of drug-likeness (QED) is 0.868. The highest BCUT2D eigenvalue weighted by atomic mass is 19.1. The fourth-order valence-electron chi connectivity index (χ4n) is 2.11. The SMILES string of the molecule is CC(N)Cc1ccc(N2CCOCC2)c(F)c1. The number of nitrogens with two attached hydrogens (primary N) is 1. The van der Waals surface area contributed by atoms with Crippen LogP contribution in [0, 0.1) is 5.82 Å². The molecule has 0 bridgehead atoms. The summed E-state index contributed by atoms with van der Waals surface area (Å²) < 4.78 is 19.2. The van der Waals surface area contributed by atoms with Crippen LogP contribution in [0.3, 0.4) is 0 Å². The first-order valence-corrected chi connectivity index (χ1v) is 6.03. The van der Waals surface area contributed by atoms with Gasteiger partial charge in [0.25, 0.3) is 0 Å². The lowest BCUT2D eigenvalue weighted by Crippen LogP contribution is -2.36. The van der Waals surface area contributed by atoms with E-state index in [1.54, 1.807) is 6.07 Å². The molecule has 1 aliphatic heterocycles. The fourth-order valence-corrected chi connectivity index (χ4v) is 2.11. The van der Waals surface area contributed by atoms with E-state index in [2.05, 4.69) is 0 Å². The third kappa shape index (κ3) is 3.17. The number of hydrogen-bond donors (Lipinski definition) is 1. The summed E-state index contributed by atoms with van der Waals surface area (Å²) in [4.78, 5) is 2.02. The third-order valence-electron chi connectivity index (χ3n) is 2.92. The van der Waals surface area contributed by atoms with Gasteiger partial charge in [-0.2, -0.15) is 0 Å². The molecule has 3 nitrogen and oxygen atoms in total. The molecule has 1 atom stereocenters. The van der Waals surface area contributed by atoms with Crippen molar-refractivity contribution in [3.8, 4) is 0 Å². The molecule has 1 unspecified atom stereocenters. The molecule has 0 saturated carbocycles. The van der Waals surface area contributed by atoms with Crippen LogP contribution < -0.4 is 10.6 Å². The van der Waals surface area contributed by atoms with E-state index in [1.807, 2.05) is 24.0 Å². The zero-order valence-corrected chi connectivity index (χ0v) is 10.2. The number of nitrogens with zero attached hydrogens (tertiary/aromatic N) is 1. The van der Waals surface area contributed by atoms with Crippen LogP contribution in [0.25, 0.3) is 0 Å². The minimum absolute atomic E-state index is 0.0589. The van der Waals surface area contributed by atoms with Crippen LogP contribution in [-0.4, -0.2) is 32.3 Å². The number of ether oxygens (including phenoxy) is 1. The standard InChI is InChI=1S/C13H19FN2O/c1-10(15)8-11-2-3-13(12(14)9-11)16-4-6-17-7-5-16/h2-3,9-10H,4-8,15H2,1H3. The van der Waals surface area contributed by atoms with Crippen molar-refractivity contribution in [2.45, 2.75) is 19.4 Å². The molecule has 17 heavy (non-hydrogen) atoms. The number of halogens is 1. The summed E-state index contributed by atoms with van der Waals surface area (Å²) in [7, 11) is 0. The van der Waals surface area contributed by atoms with Gasteiger partial charge in [-0.15, -0.1) is 0 Å². The Bertz CT molecular complexity index is 376. The average molecular weight is 238 g/mol. The van der Waals surface area contributed by atoms with Gasteiger partial charge in [-0.25, -0.2) is 4.39 Å². The van der Waals surface area contributed by atoms with E-state index in [0.29, 0.717) is 25.3 Å². The highest BCUT2D eigenvalue weighted by Crippen LogP contribution is 2.22. The minimum atomic E-state index is -0.162. The topological polar surface area (TPSA) is 38.5 Å². The Morgan fingerprint density at radius 3 is 2.71 bits per heavy atom. The van der Waals surface area contributed by atoms with Crippen molar-refractivity contribution in [3.05, 3.63) is 29.6 Å². The molecular weight excluding hydrogens is 219 g/mol. The molecule has 1 heterocycles. The number of morpholine rings is 1. The largest absolute Gasteiger partial charge is 0.378 e. The van der Waals surface area contributed by atoms with Gasteiger partial charge in [-0.05, 0) is 31.0 Å². The maximum absolute atomic E-state index is 14.0. The van der Waals surface area contributed by atoms with Gasteiger partial charge < -0.3 is 15.4 Å². The lowest BCUT2D eigenvalue weighted by molar-refractivity contribution is 0.122. The number of rotatable bonds is 3. The zero-order valence-electron chi connectivity index (χ0n) is 10.2. The lowest BCUT2D eigenvalue weighted by atomic mass is 10.1. The minimum Gasteiger partial charge on any atom is -0.378 e. The van der Waals surface area contributed by atoms with E-state index in [9.17, 15) is 4.39 Å². The second-order valence-corrected chi connectivity index (χ2v) is 4.57. The Morgan fingerprint density at radius 2 is 2.12 bits per heavy atom. The van der Waals surface area contributed by atoms with Gasteiger partial charge in [0.2, 0.25) is 0 Å². The van der Waals surface area contributed by atoms with E-state index in [0.717, 1.165) is 18.7 Å². The molecule has 2 N–H and O–H groups in total. The first-order chi connectivity index (χ1) is 8.16. The monoisotopic (exact) mass is 238 g/mol. The maximum atomic E-state index is 14.0. The van der Waals surface area contributed by atoms with Crippen molar-refractivity contribution in [2.24, 2.45) is 5.73 Å². The molecular formula is C13H19FN2O. The zero-order chi connectivity index (χ0) is 12.3. The van der Waals surface area contributed by atoms with Gasteiger partial charge in [0.1, 0.15) is 5.82 Å². The highest BCUT2D eigenvalue weighted by molar-refractivity contribution is 5.49. The van der Waals surface area contributed by atoms with Crippen LogP contribution in [0.1, 0.15) is 12.5 Å². The number of anilines is 1. The van der Waals surface area contributed by atoms with E-state index in [4.69, 9.17) is 10.5 Å². The highest BCUT2D eigenvalue weighted by Gasteiger charge is 2.15. The van der Waals surface area contributed by atoms with E-state index < -0.39 is 0 Å². The summed E-state index contributed by atoms with van der Waals surface area (Å²) in [5.41, 5.74) is 7.33. The molecule has 2 rings (SSSR count). The van der Waals surface area contributed by atoms with Gasteiger partial charge in [-0.3, -0.25) is 0 Å². The molecule has 1 aromatic rings. The predicted octanol–water partition coefficient (Wildman–Crippen LogP) is 1.55. The van der Waals surface area contributed by atoms with Crippen LogP contribution in [0.2, 0.25) is 0 Å². The van der Waals surface area contributed by atoms with Gasteiger partial charge in [0.05, 0.1) is 18.9 Å². The Labute approximate surface area is 101 Å². The van der Waals surface area contributed by atoms with Crippen LogP contribution in [0.4, 0.5) is 10.1 Å². The van der Waals surface area contributed by atoms with E-state index in [1.165, 1.54) is 0 Å². The molecule has 4 heteroatoms. The van der Waals surface area contributed by atoms with Gasteiger partial charge >= 0.3 is 0 Å². The Hall–Kier alpha value is -1.13. The van der Waals surface area contributed by atoms with Gasteiger partial charge in [-0.1, -0.05) is 6.07 Å². The summed E-state index contributed by atoms with van der Waals surface area (Å²) in [5.74, 6) is -0.162. The molecule has 0 amide bonds. The molecule has 1 fully saturated rings. The van der Waals surface area contributed by atoms with Crippen molar-refractivity contribution in [3.63, 3.8) is 0 Å². The van der Waals surface area contributed by atoms with Crippen molar-refractivity contribution in [2.75, 3.05) is 31.2 Å². The molecule has 1 aromatic carbocycles. The first-order valence-electron chi connectivity index (χ1n) is 6.03. The van der Waals surface area contributed by atoms with E-state index in [-0.39, 0.29) is 11.9 Å². The van der Waals surface area contributed by atoms with Crippen molar-refractivity contribution in [1.29, 1.82) is 0 Å². The first kappa shape index (κ1) is 12.3. The summed E-state index contributed by atoms with van der Waals surface area (Å²) in [5, 5.41) is 0. The van der Waals surface area contributed by atoms with E-state index >= 15 is 0 Å². The smallest absolute Gasteiger partial charge is 0.146 e. The Morgan fingerprint density at radius 1 is 1.41 bits per heavy atom. The summed E-state index contributed by atoms with van der Waals surface area (Å²) >= 11 is 0. The fraction of sp³-hybridized carbons (Fsp3) is 0.538. The molecule has 0 spiro atoms.